The predicted octanol–water partition coefficient (Wildman–Crippen LogP) is 3.16. The van der Waals surface area contributed by atoms with Crippen molar-refractivity contribution in [2.24, 2.45) is 12.0 Å². The molecule has 2 N–H and O–H groups in total. The number of aliphatic imine (C=N–C) groups is 1. The fraction of sp³-hybridized carbons (Fsp3) is 0.304. The van der Waals surface area contributed by atoms with Crippen molar-refractivity contribution >= 4 is 35.6 Å². The highest BCUT2D eigenvalue weighted by Gasteiger charge is 2.17. The van der Waals surface area contributed by atoms with E-state index in [0.717, 1.165) is 36.0 Å². The zero-order valence-corrected chi connectivity index (χ0v) is 18.3. The van der Waals surface area contributed by atoms with Crippen LogP contribution in [0.2, 0.25) is 0 Å². The van der Waals surface area contributed by atoms with Crippen LogP contribution in [0.3, 0.4) is 0 Å². The third kappa shape index (κ3) is 4.78. The maximum absolute atomic E-state index is 12.8. The van der Waals surface area contributed by atoms with Gasteiger partial charge in [-0.2, -0.15) is 5.10 Å². The molecule has 0 saturated carbocycles. The molecule has 0 radical (unpaired) electrons. The van der Waals surface area contributed by atoms with E-state index in [1.165, 1.54) is 0 Å². The maximum atomic E-state index is 12.8. The quantitative estimate of drug-likeness (QED) is 0.556. The molecule has 9 heteroatoms. The number of anilines is 3. The highest BCUT2D eigenvalue weighted by atomic mass is 16.5. The van der Waals surface area contributed by atoms with Crippen LogP contribution in [0.4, 0.5) is 23.0 Å². The molecule has 1 saturated heterocycles. The van der Waals surface area contributed by atoms with Gasteiger partial charge in [0.2, 0.25) is 0 Å². The minimum atomic E-state index is -0.234. The molecule has 1 amide bonds. The number of nitrogens with zero attached hydrogens (tertiary/aromatic N) is 5. The summed E-state index contributed by atoms with van der Waals surface area (Å²) in [6.45, 7) is 8.96. The first-order valence-electron chi connectivity index (χ1n) is 10.5. The summed E-state index contributed by atoms with van der Waals surface area (Å²) in [6, 6.07) is 13.2. The Hall–Kier alpha value is -3.72. The van der Waals surface area contributed by atoms with Crippen molar-refractivity contribution in [2.75, 3.05) is 41.8 Å². The van der Waals surface area contributed by atoms with Crippen molar-refractivity contribution in [2.45, 2.75) is 13.5 Å². The van der Waals surface area contributed by atoms with Crippen LogP contribution in [0.1, 0.15) is 21.7 Å². The Morgan fingerprint density at radius 3 is 2.75 bits per heavy atom. The average Bonchev–Trinajstić information content (AvgIpc) is 3.16. The molecule has 1 aliphatic rings. The number of hydrogen-bond acceptors (Lipinski definition) is 7. The lowest BCUT2D eigenvalue weighted by Gasteiger charge is -2.28. The number of benzene rings is 1. The molecule has 1 aromatic carbocycles. The van der Waals surface area contributed by atoms with Crippen LogP contribution in [-0.4, -0.2) is 53.7 Å². The highest BCUT2D eigenvalue weighted by Crippen LogP contribution is 2.24. The lowest BCUT2D eigenvalue weighted by atomic mass is 10.2. The van der Waals surface area contributed by atoms with Gasteiger partial charge in [0.25, 0.3) is 5.91 Å². The molecule has 1 fully saturated rings. The molecule has 0 atom stereocenters. The summed E-state index contributed by atoms with van der Waals surface area (Å²) in [5.74, 6) is 1.12. The third-order valence-electron chi connectivity index (χ3n) is 5.40. The van der Waals surface area contributed by atoms with E-state index >= 15 is 0 Å². The second kappa shape index (κ2) is 9.61. The number of para-hydroxylation sites is 2. The molecule has 166 valence electrons. The molecule has 3 aromatic rings. The number of rotatable bonds is 7. The highest BCUT2D eigenvalue weighted by molar-refractivity contribution is 6.04. The summed E-state index contributed by atoms with van der Waals surface area (Å²) in [5, 5.41) is 10.6. The van der Waals surface area contributed by atoms with Crippen LogP contribution in [0, 0.1) is 6.92 Å². The van der Waals surface area contributed by atoms with Gasteiger partial charge in [-0.15, -0.1) is 0 Å². The van der Waals surface area contributed by atoms with Gasteiger partial charge >= 0.3 is 0 Å². The summed E-state index contributed by atoms with van der Waals surface area (Å²) in [6.07, 6.45) is 0. The van der Waals surface area contributed by atoms with E-state index in [1.54, 1.807) is 4.68 Å². The van der Waals surface area contributed by atoms with Gasteiger partial charge in [0.1, 0.15) is 5.82 Å². The maximum Gasteiger partial charge on any atom is 0.258 e. The third-order valence-corrected chi connectivity index (χ3v) is 5.40. The molecule has 0 spiro atoms. The van der Waals surface area contributed by atoms with Crippen molar-refractivity contribution in [3.8, 4) is 0 Å². The fourth-order valence-electron chi connectivity index (χ4n) is 3.62. The van der Waals surface area contributed by atoms with Crippen LogP contribution < -0.4 is 15.5 Å². The summed E-state index contributed by atoms with van der Waals surface area (Å²) in [7, 11) is 1.84. The second-order valence-electron chi connectivity index (χ2n) is 7.53. The van der Waals surface area contributed by atoms with Crippen molar-refractivity contribution in [1.82, 2.24) is 14.8 Å². The number of amides is 1. The molecule has 4 rings (SSSR count). The summed E-state index contributed by atoms with van der Waals surface area (Å²) >= 11 is 0. The van der Waals surface area contributed by atoms with E-state index in [2.05, 4.69) is 37.3 Å². The van der Waals surface area contributed by atoms with Crippen molar-refractivity contribution < 1.29 is 9.53 Å². The number of carbonyl (C=O) groups excluding carboxylic acids is 1. The predicted molar refractivity (Wildman–Crippen MR) is 126 cm³/mol. The normalized spacial score (nSPS) is 13.6. The summed E-state index contributed by atoms with van der Waals surface area (Å²) in [4.78, 5) is 23.6. The summed E-state index contributed by atoms with van der Waals surface area (Å²) in [5.41, 5.74) is 3.79. The van der Waals surface area contributed by atoms with Crippen molar-refractivity contribution in [3.63, 3.8) is 0 Å². The topological polar surface area (TPSA) is 96.7 Å². The number of nitrogens with one attached hydrogen (secondary N) is 2. The van der Waals surface area contributed by atoms with Gasteiger partial charge in [-0.3, -0.25) is 14.5 Å². The number of aromatic nitrogens is 3. The largest absolute Gasteiger partial charge is 0.378 e. The van der Waals surface area contributed by atoms with E-state index in [1.807, 2.05) is 56.4 Å². The van der Waals surface area contributed by atoms with Gasteiger partial charge in [-0.1, -0.05) is 12.1 Å². The molecule has 2 aromatic heterocycles. The number of pyridine rings is 1. The average molecular weight is 434 g/mol. The van der Waals surface area contributed by atoms with Crippen LogP contribution in [0.5, 0.6) is 0 Å². The van der Waals surface area contributed by atoms with Gasteiger partial charge in [-0.25, -0.2) is 4.98 Å². The Balaban J connectivity index is 1.42. The SMILES string of the molecule is C=Nc1ccccc1NCc1cc(NC(=O)c2ccc(N3CCOCC3)nc2C)nn1C. The van der Waals surface area contributed by atoms with Gasteiger partial charge in [0.15, 0.2) is 5.82 Å². The molecule has 0 unspecified atom stereocenters. The number of morpholine rings is 1. The van der Waals surface area contributed by atoms with Gasteiger partial charge in [-0.05, 0) is 37.9 Å². The monoisotopic (exact) mass is 433 g/mol. The van der Waals surface area contributed by atoms with E-state index in [9.17, 15) is 4.79 Å². The first-order valence-corrected chi connectivity index (χ1v) is 10.5. The van der Waals surface area contributed by atoms with Gasteiger partial charge in [0.05, 0.1) is 48.1 Å². The van der Waals surface area contributed by atoms with E-state index < -0.39 is 0 Å². The van der Waals surface area contributed by atoms with E-state index in [4.69, 9.17) is 4.74 Å². The molecule has 0 bridgehead atoms. The first-order chi connectivity index (χ1) is 15.5. The van der Waals surface area contributed by atoms with Gasteiger partial charge in [0, 0.05) is 26.2 Å². The molecule has 1 aliphatic heterocycles. The Morgan fingerprint density at radius 2 is 2.00 bits per heavy atom. The Morgan fingerprint density at radius 1 is 1.22 bits per heavy atom. The molecular weight excluding hydrogens is 406 g/mol. The van der Waals surface area contributed by atoms with Crippen LogP contribution >= 0.6 is 0 Å². The number of ether oxygens (including phenoxy) is 1. The molecule has 9 nitrogen and oxygen atoms in total. The first kappa shape index (κ1) is 21.5. The second-order valence-corrected chi connectivity index (χ2v) is 7.53. The molecule has 0 aliphatic carbocycles. The standard InChI is InChI=1S/C23H27N7O2/c1-16-18(8-9-22(26-16)30-10-12-32-13-11-30)23(31)27-21-14-17(29(3)28-21)15-25-20-7-5-4-6-19(20)24-2/h4-9,14,25H,2,10-13,15H2,1,3H3,(H,27,28,31). The van der Waals surface area contributed by atoms with Crippen LogP contribution in [-0.2, 0) is 18.3 Å². The minimum Gasteiger partial charge on any atom is -0.378 e. The van der Waals surface area contributed by atoms with Crippen LogP contribution in [0.15, 0.2) is 47.5 Å². The van der Waals surface area contributed by atoms with Crippen molar-refractivity contribution in [3.05, 3.63) is 59.4 Å². The Labute approximate surface area is 187 Å². The van der Waals surface area contributed by atoms with Crippen molar-refractivity contribution in [1.29, 1.82) is 0 Å². The zero-order valence-electron chi connectivity index (χ0n) is 18.3. The molecule has 32 heavy (non-hydrogen) atoms. The van der Waals surface area contributed by atoms with E-state index in [0.29, 0.717) is 36.8 Å². The Bertz CT molecular complexity index is 1120. The minimum absolute atomic E-state index is 0.234. The smallest absolute Gasteiger partial charge is 0.258 e. The zero-order chi connectivity index (χ0) is 22.5. The van der Waals surface area contributed by atoms with Gasteiger partial charge < -0.3 is 20.3 Å². The molecule has 3 heterocycles. The lowest BCUT2D eigenvalue weighted by molar-refractivity contribution is 0.102. The number of hydrogen-bond donors (Lipinski definition) is 2. The Kier molecular flexibility index (Phi) is 6.46. The van der Waals surface area contributed by atoms with E-state index in [-0.39, 0.29) is 5.91 Å². The fourth-order valence-corrected chi connectivity index (χ4v) is 3.62. The summed E-state index contributed by atoms with van der Waals surface area (Å²) < 4.78 is 7.13. The molecular formula is C23H27N7O2. The number of carbonyl (C=O) groups is 1. The lowest BCUT2D eigenvalue weighted by Crippen LogP contribution is -2.36. The number of aryl methyl sites for hydroxylation is 2. The van der Waals surface area contributed by atoms with Crippen LogP contribution in [0.25, 0.3) is 0 Å².